The molecule has 4 nitrogen and oxygen atoms in total. The molecular formula is C21H19NO3. The fourth-order valence-corrected chi connectivity index (χ4v) is 3.06. The van der Waals surface area contributed by atoms with E-state index in [2.05, 4.69) is 17.0 Å². The minimum atomic E-state index is -0.222. The first-order valence-electron chi connectivity index (χ1n) is 8.36. The van der Waals surface area contributed by atoms with Gasteiger partial charge in [-0.3, -0.25) is 9.69 Å². The van der Waals surface area contributed by atoms with Crippen LogP contribution in [0.5, 0.6) is 0 Å². The quantitative estimate of drug-likeness (QED) is 0.727. The third-order valence-electron chi connectivity index (χ3n) is 4.29. The molecule has 0 spiro atoms. The van der Waals surface area contributed by atoms with Gasteiger partial charge in [-0.1, -0.05) is 60.7 Å². The molecule has 25 heavy (non-hydrogen) atoms. The average Bonchev–Trinajstić information content (AvgIpc) is 3.11. The maximum Gasteiger partial charge on any atom is 0.185 e. The summed E-state index contributed by atoms with van der Waals surface area (Å²) in [5, 5.41) is 0. The Bertz CT molecular complexity index is 890. The van der Waals surface area contributed by atoms with Gasteiger partial charge in [0.2, 0.25) is 0 Å². The Morgan fingerprint density at radius 1 is 0.960 bits per heavy atom. The van der Waals surface area contributed by atoms with Crippen molar-refractivity contribution in [1.29, 1.82) is 0 Å². The Hall–Kier alpha value is -2.69. The Morgan fingerprint density at radius 2 is 1.68 bits per heavy atom. The van der Waals surface area contributed by atoms with E-state index in [1.807, 2.05) is 48.5 Å². The van der Waals surface area contributed by atoms with E-state index in [9.17, 15) is 4.79 Å². The number of nitrogens with zero attached hydrogens (tertiary/aromatic N) is 1. The van der Waals surface area contributed by atoms with E-state index in [0.29, 0.717) is 24.8 Å². The second kappa shape index (κ2) is 7.05. The van der Waals surface area contributed by atoms with Crippen LogP contribution in [-0.4, -0.2) is 18.2 Å². The van der Waals surface area contributed by atoms with Crippen molar-refractivity contribution in [2.45, 2.75) is 12.6 Å². The van der Waals surface area contributed by atoms with Gasteiger partial charge in [-0.05, 0) is 5.56 Å². The lowest BCUT2D eigenvalue weighted by atomic mass is 10.1. The van der Waals surface area contributed by atoms with Gasteiger partial charge in [0.25, 0.3) is 0 Å². The maximum atomic E-state index is 12.1. The van der Waals surface area contributed by atoms with Crippen molar-refractivity contribution in [3.05, 3.63) is 94.3 Å². The second-order valence-electron chi connectivity index (χ2n) is 6.21. The molecule has 0 N–H and O–H groups in total. The molecule has 4 heteroatoms. The smallest absolute Gasteiger partial charge is 0.185 e. The summed E-state index contributed by atoms with van der Waals surface area (Å²) in [6.07, 6.45) is -0.222. The molecule has 1 atom stereocenters. The number of hydrogen-bond donors (Lipinski definition) is 0. The van der Waals surface area contributed by atoms with Crippen LogP contribution in [0.3, 0.4) is 0 Å². The first kappa shape index (κ1) is 15.8. The molecule has 0 amide bonds. The normalized spacial score (nSPS) is 17.7. The molecule has 1 unspecified atom stereocenters. The van der Waals surface area contributed by atoms with Crippen LogP contribution in [0.4, 0.5) is 0 Å². The lowest BCUT2D eigenvalue weighted by molar-refractivity contribution is 0.0755. The lowest BCUT2D eigenvalue weighted by Crippen LogP contribution is -2.20. The van der Waals surface area contributed by atoms with Crippen molar-refractivity contribution in [1.82, 2.24) is 4.90 Å². The summed E-state index contributed by atoms with van der Waals surface area (Å²) in [5.41, 5.74) is 2.07. The minimum Gasteiger partial charge on any atom is -0.458 e. The molecule has 3 aromatic rings. The van der Waals surface area contributed by atoms with E-state index < -0.39 is 0 Å². The van der Waals surface area contributed by atoms with Gasteiger partial charge in [0.15, 0.2) is 5.43 Å². The van der Waals surface area contributed by atoms with E-state index in [4.69, 9.17) is 9.15 Å². The van der Waals surface area contributed by atoms with Gasteiger partial charge in [-0.2, -0.15) is 0 Å². The third-order valence-corrected chi connectivity index (χ3v) is 4.29. The van der Waals surface area contributed by atoms with E-state index in [0.717, 1.165) is 12.1 Å². The molecule has 0 saturated carbocycles. The summed E-state index contributed by atoms with van der Waals surface area (Å²) in [7, 11) is 0. The highest BCUT2D eigenvalue weighted by Crippen LogP contribution is 2.28. The molecule has 2 heterocycles. The number of ether oxygens (including phenoxy) is 1. The first-order chi connectivity index (χ1) is 12.3. The average molecular weight is 333 g/mol. The van der Waals surface area contributed by atoms with Crippen molar-refractivity contribution in [2.24, 2.45) is 0 Å². The fraction of sp³-hybridized carbons (Fsp3) is 0.190. The summed E-state index contributed by atoms with van der Waals surface area (Å²) in [6.45, 7) is 2.05. The number of hydrogen-bond acceptors (Lipinski definition) is 4. The van der Waals surface area contributed by atoms with Gasteiger partial charge in [0.05, 0.1) is 0 Å². The van der Waals surface area contributed by atoms with Crippen LogP contribution in [0.25, 0.3) is 11.3 Å². The molecule has 4 rings (SSSR count). The monoisotopic (exact) mass is 333 g/mol. The van der Waals surface area contributed by atoms with Crippen LogP contribution in [0.15, 0.2) is 82.0 Å². The van der Waals surface area contributed by atoms with Crippen molar-refractivity contribution >= 4 is 0 Å². The second-order valence-corrected chi connectivity index (χ2v) is 6.21. The van der Waals surface area contributed by atoms with E-state index in [1.54, 1.807) is 0 Å². The maximum absolute atomic E-state index is 12.1. The number of rotatable bonds is 4. The molecule has 1 aliphatic heterocycles. The van der Waals surface area contributed by atoms with E-state index >= 15 is 0 Å². The predicted octanol–water partition coefficient (Wildman–Crippen LogP) is 3.84. The zero-order chi connectivity index (χ0) is 17.1. The highest BCUT2D eigenvalue weighted by molar-refractivity contribution is 5.56. The van der Waals surface area contributed by atoms with Crippen LogP contribution in [-0.2, 0) is 11.3 Å². The molecule has 0 bridgehead atoms. The van der Waals surface area contributed by atoms with Gasteiger partial charge in [0, 0.05) is 30.8 Å². The highest BCUT2D eigenvalue weighted by atomic mass is 16.5. The third kappa shape index (κ3) is 3.71. The molecule has 0 aliphatic carbocycles. The molecule has 1 aromatic heterocycles. The number of benzene rings is 2. The standard InChI is InChI=1S/C21H19NO3/c23-18-11-19(17-9-5-2-6-10-17)25-20(12-18)21-14-22(15-24-21)13-16-7-3-1-4-8-16/h1-12,21H,13-15H2. The molecule has 2 aromatic carbocycles. The van der Waals surface area contributed by atoms with Gasteiger partial charge < -0.3 is 9.15 Å². The molecule has 1 saturated heterocycles. The van der Waals surface area contributed by atoms with Gasteiger partial charge in [-0.15, -0.1) is 0 Å². The molecule has 1 fully saturated rings. The molecule has 126 valence electrons. The van der Waals surface area contributed by atoms with E-state index in [-0.39, 0.29) is 11.5 Å². The topological polar surface area (TPSA) is 42.7 Å². The molecule has 1 aliphatic rings. The van der Waals surface area contributed by atoms with Crippen molar-refractivity contribution < 1.29 is 9.15 Å². The summed E-state index contributed by atoms with van der Waals surface area (Å²) in [4.78, 5) is 14.3. The van der Waals surface area contributed by atoms with Crippen LogP contribution in [0, 0.1) is 0 Å². The Kier molecular flexibility index (Phi) is 4.46. The van der Waals surface area contributed by atoms with Crippen LogP contribution >= 0.6 is 0 Å². The Labute approximate surface area is 146 Å². The van der Waals surface area contributed by atoms with Crippen LogP contribution in [0.1, 0.15) is 17.4 Å². The Balaban J connectivity index is 1.53. The van der Waals surface area contributed by atoms with Crippen LogP contribution in [0.2, 0.25) is 0 Å². The SMILES string of the molecule is O=c1cc(-c2ccccc2)oc(C2CN(Cc3ccccc3)CO2)c1. The first-order valence-corrected chi connectivity index (χ1v) is 8.36. The summed E-state index contributed by atoms with van der Waals surface area (Å²) >= 11 is 0. The van der Waals surface area contributed by atoms with Crippen LogP contribution < -0.4 is 5.43 Å². The van der Waals surface area contributed by atoms with Gasteiger partial charge in [0.1, 0.15) is 24.4 Å². The lowest BCUT2D eigenvalue weighted by Gasteiger charge is -2.13. The predicted molar refractivity (Wildman–Crippen MR) is 96.0 cm³/mol. The summed E-state index contributed by atoms with van der Waals surface area (Å²) in [6, 6.07) is 23.0. The van der Waals surface area contributed by atoms with Gasteiger partial charge >= 0.3 is 0 Å². The molecule has 0 radical (unpaired) electrons. The van der Waals surface area contributed by atoms with E-state index in [1.165, 1.54) is 17.7 Å². The van der Waals surface area contributed by atoms with Crippen molar-refractivity contribution in [3.8, 4) is 11.3 Å². The van der Waals surface area contributed by atoms with Gasteiger partial charge in [-0.25, -0.2) is 0 Å². The zero-order valence-corrected chi connectivity index (χ0v) is 13.8. The molecular weight excluding hydrogens is 314 g/mol. The fourth-order valence-electron chi connectivity index (χ4n) is 3.06. The zero-order valence-electron chi connectivity index (χ0n) is 13.8. The summed E-state index contributed by atoms with van der Waals surface area (Å²) in [5.74, 6) is 1.16. The van der Waals surface area contributed by atoms with Crippen molar-refractivity contribution in [2.75, 3.05) is 13.3 Å². The minimum absolute atomic E-state index is 0.0646. The summed E-state index contributed by atoms with van der Waals surface area (Å²) < 4.78 is 11.8. The largest absolute Gasteiger partial charge is 0.458 e. The van der Waals surface area contributed by atoms with Crippen molar-refractivity contribution in [3.63, 3.8) is 0 Å². The highest BCUT2D eigenvalue weighted by Gasteiger charge is 2.27. The Morgan fingerprint density at radius 3 is 2.44 bits per heavy atom.